The molecule has 0 aromatic heterocycles. The minimum absolute atomic E-state index is 0.0501. The molecule has 0 spiro atoms. The minimum atomic E-state index is -0.691. The lowest BCUT2D eigenvalue weighted by Gasteiger charge is -2.36. The number of likely N-dealkylation sites (tertiary alicyclic amines) is 1. The zero-order valence-corrected chi connectivity index (χ0v) is 20.0. The third-order valence-corrected chi connectivity index (χ3v) is 6.12. The minimum Gasteiger partial charge on any atom is -0.497 e. The van der Waals surface area contributed by atoms with Crippen LogP contribution in [0.4, 0.5) is 0 Å². The molecule has 8 heteroatoms. The van der Waals surface area contributed by atoms with Crippen LogP contribution in [0.2, 0.25) is 0 Å². The lowest BCUT2D eigenvalue weighted by atomic mass is 9.88. The molecule has 1 heterocycles. The molecule has 0 saturated carbocycles. The molecule has 34 heavy (non-hydrogen) atoms. The van der Waals surface area contributed by atoms with Crippen LogP contribution in [-0.2, 0) is 9.53 Å². The van der Waals surface area contributed by atoms with Crippen molar-refractivity contribution in [2.45, 2.75) is 25.8 Å². The van der Waals surface area contributed by atoms with Crippen LogP contribution in [0.15, 0.2) is 48.5 Å². The van der Waals surface area contributed by atoms with Crippen LogP contribution in [0.3, 0.4) is 0 Å². The molecule has 1 fully saturated rings. The van der Waals surface area contributed by atoms with Gasteiger partial charge in [-0.15, -0.1) is 0 Å². The Morgan fingerprint density at radius 2 is 1.59 bits per heavy atom. The van der Waals surface area contributed by atoms with Crippen molar-refractivity contribution in [1.29, 1.82) is 0 Å². The third kappa shape index (κ3) is 6.57. The number of piperidine rings is 1. The fourth-order valence-electron chi connectivity index (χ4n) is 4.07. The lowest BCUT2D eigenvalue weighted by molar-refractivity contribution is -0.124. The normalized spacial score (nSPS) is 14.9. The summed E-state index contributed by atoms with van der Waals surface area (Å²) in [6.07, 6.45) is 1.22. The predicted molar refractivity (Wildman–Crippen MR) is 129 cm³/mol. The van der Waals surface area contributed by atoms with E-state index in [0.717, 1.165) is 5.56 Å². The number of amides is 3. The van der Waals surface area contributed by atoms with Crippen molar-refractivity contribution in [2.24, 2.45) is 5.92 Å². The van der Waals surface area contributed by atoms with E-state index < -0.39 is 6.04 Å². The Labute approximate surface area is 200 Å². The monoisotopic (exact) mass is 467 g/mol. The Morgan fingerprint density at radius 1 is 0.971 bits per heavy atom. The Bertz CT molecular complexity index is 967. The first-order valence-electron chi connectivity index (χ1n) is 11.5. The van der Waals surface area contributed by atoms with Crippen LogP contribution in [0, 0.1) is 12.8 Å². The van der Waals surface area contributed by atoms with Crippen molar-refractivity contribution in [3.8, 4) is 5.75 Å². The maximum Gasteiger partial charge on any atom is 0.253 e. The Balaban J connectivity index is 1.66. The Hall–Kier alpha value is -3.39. The molecule has 8 nitrogen and oxygen atoms in total. The molecule has 2 N–H and O–H groups in total. The first kappa shape index (κ1) is 25.2. The van der Waals surface area contributed by atoms with Gasteiger partial charge in [-0.2, -0.15) is 0 Å². The molecule has 1 unspecified atom stereocenters. The highest BCUT2D eigenvalue weighted by molar-refractivity contribution is 5.98. The first-order valence-corrected chi connectivity index (χ1v) is 11.5. The van der Waals surface area contributed by atoms with Crippen LogP contribution in [0.1, 0.15) is 39.1 Å². The number of rotatable bonds is 9. The summed E-state index contributed by atoms with van der Waals surface area (Å²) >= 11 is 0. The standard InChI is InChI=1S/C26H33N3O5/c1-18-4-6-20(7-5-18)24(30)28-23(25(31)27-14-17-33-2)19-12-15-29(16-13-19)26(32)21-8-10-22(34-3)11-9-21/h4-11,19,23H,12-17H2,1-3H3,(H,27,31)(H,28,30). The van der Waals surface area contributed by atoms with Crippen LogP contribution >= 0.6 is 0 Å². The third-order valence-electron chi connectivity index (χ3n) is 6.12. The molecule has 2 aromatic carbocycles. The van der Waals surface area contributed by atoms with Gasteiger partial charge in [-0.3, -0.25) is 14.4 Å². The van der Waals surface area contributed by atoms with E-state index in [1.165, 1.54) is 0 Å². The molecule has 2 aromatic rings. The molecule has 182 valence electrons. The van der Waals surface area contributed by atoms with Crippen molar-refractivity contribution in [2.75, 3.05) is 40.5 Å². The van der Waals surface area contributed by atoms with Crippen LogP contribution in [0.5, 0.6) is 5.75 Å². The van der Waals surface area contributed by atoms with Gasteiger partial charge in [-0.25, -0.2) is 0 Å². The summed E-state index contributed by atoms with van der Waals surface area (Å²) in [5.74, 6) is 0.0331. The van der Waals surface area contributed by atoms with E-state index in [0.29, 0.717) is 56.0 Å². The number of ether oxygens (including phenoxy) is 2. The number of hydrogen-bond acceptors (Lipinski definition) is 5. The van der Waals surface area contributed by atoms with Gasteiger partial charge in [0.1, 0.15) is 11.8 Å². The second-order valence-corrected chi connectivity index (χ2v) is 8.46. The van der Waals surface area contributed by atoms with Gasteiger partial charge in [0, 0.05) is 37.9 Å². The van der Waals surface area contributed by atoms with Gasteiger partial charge in [-0.05, 0) is 62.1 Å². The zero-order chi connectivity index (χ0) is 24.5. The number of nitrogens with one attached hydrogen (secondary N) is 2. The van der Waals surface area contributed by atoms with Gasteiger partial charge >= 0.3 is 0 Å². The zero-order valence-electron chi connectivity index (χ0n) is 20.0. The smallest absolute Gasteiger partial charge is 0.253 e. The highest BCUT2D eigenvalue weighted by Crippen LogP contribution is 2.23. The highest BCUT2D eigenvalue weighted by atomic mass is 16.5. The summed E-state index contributed by atoms with van der Waals surface area (Å²) in [5, 5.41) is 5.77. The highest BCUT2D eigenvalue weighted by Gasteiger charge is 2.34. The molecule has 0 radical (unpaired) electrons. The average Bonchev–Trinajstić information content (AvgIpc) is 2.87. The van der Waals surface area contributed by atoms with E-state index in [9.17, 15) is 14.4 Å². The largest absolute Gasteiger partial charge is 0.497 e. The van der Waals surface area contributed by atoms with Crippen molar-refractivity contribution in [3.05, 3.63) is 65.2 Å². The summed E-state index contributed by atoms with van der Waals surface area (Å²) in [5.41, 5.74) is 2.16. The van der Waals surface area contributed by atoms with Crippen molar-refractivity contribution >= 4 is 17.7 Å². The number of hydrogen-bond donors (Lipinski definition) is 2. The number of carbonyl (C=O) groups excluding carboxylic acids is 3. The molecule has 1 saturated heterocycles. The molecule has 3 rings (SSSR count). The van der Waals surface area contributed by atoms with Crippen molar-refractivity contribution in [3.63, 3.8) is 0 Å². The van der Waals surface area contributed by atoms with Gasteiger partial charge < -0.3 is 25.0 Å². The molecular weight excluding hydrogens is 434 g/mol. The fourth-order valence-corrected chi connectivity index (χ4v) is 4.07. The quantitative estimate of drug-likeness (QED) is 0.552. The second-order valence-electron chi connectivity index (χ2n) is 8.46. The number of benzene rings is 2. The van der Waals surface area contributed by atoms with Gasteiger partial charge in [-0.1, -0.05) is 17.7 Å². The summed E-state index contributed by atoms with van der Waals surface area (Å²) in [6.45, 7) is 3.73. The molecule has 0 bridgehead atoms. The summed E-state index contributed by atoms with van der Waals surface area (Å²) in [6, 6.07) is 13.6. The summed E-state index contributed by atoms with van der Waals surface area (Å²) in [7, 11) is 3.15. The first-order chi connectivity index (χ1) is 16.4. The van der Waals surface area contributed by atoms with Gasteiger partial charge in [0.15, 0.2) is 0 Å². The van der Waals surface area contributed by atoms with E-state index in [4.69, 9.17) is 9.47 Å². The molecule has 1 aliphatic heterocycles. The molecule has 1 atom stereocenters. The van der Waals surface area contributed by atoms with E-state index in [2.05, 4.69) is 10.6 Å². The molecule has 1 aliphatic rings. The van der Waals surface area contributed by atoms with E-state index in [1.807, 2.05) is 19.1 Å². The summed E-state index contributed by atoms with van der Waals surface area (Å²) in [4.78, 5) is 40.5. The predicted octanol–water partition coefficient (Wildman–Crippen LogP) is 2.42. The second kappa shape index (κ2) is 12.2. The molecule has 0 aliphatic carbocycles. The number of carbonyl (C=O) groups is 3. The van der Waals surface area contributed by atoms with Gasteiger partial charge in [0.2, 0.25) is 5.91 Å². The van der Waals surface area contributed by atoms with Gasteiger partial charge in [0.05, 0.1) is 13.7 Å². The Kier molecular flexibility index (Phi) is 9.04. The van der Waals surface area contributed by atoms with E-state index in [1.54, 1.807) is 55.5 Å². The lowest BCUT2D eigenvalue weighted by Crippen LogP contribution is -2.54. The number of aryl methyl sites for hydroxylation is 1. The van der Waals surface area contributed by atoms with Crippen LogP contribution in [0.25, 0.3) is 0 Å². The maximum atomic E-state index is 13.0. The average molecular weight is 468 g/mol. The SMILES string of the molecule is COCCNC(=O)C(NC(=O)c1ccc(C)cc1)C1CCN(C(=O)c2ccc(OC)cc2)CC1. The molecular formula is C26H33N3O5. The maximum absolute atomic E-state index is 13.0. The topological polar surface area (TPSA) is 97.0 Å². The number of methoxy groups -OCH3 is 2. The Morgan fingerprint density at radius 3 is 2.18 bits per heavy atom. The van der Waals surface area contributed by atoms with Crippen molar-refractivity contribution < 1.29 is 23.9 Å². The fraction of sp³-hybridized carbons (Fsp3) is 0.423. The van der Waals surface area contributed by atoms with E-state index >= 15 is 0 Å². The van der Waals surface area contributed by atoms with Crippen molar-refractivity contribution in [1.82, 2.24) is 15.5 Å². The van der Waals surface area contributed by atoms with E-state index in [-0.39, 0.29) is 23.6 Å². The number of nitrogens with zero attached hydrogens (tertiary/aromatic N) is 1. The summed E-state index contributed by atoms with van der Waals surface area (Å²) < 4.78 is 10.2. The van der Waals surface area contributed by atoms with Crippen LogP contribution < -0.4 is 15.4 Å². The molecule has 3 amide bonds. The van der Waals surface area contributed by atoms with Crippen LogP contribution in [-0.4, -0.2) is 69.1 Å². The van der Waals surface area contributed by atoms with Gasteiger partial charge in [0.25, 0.3) is 11.8 Å².